The lowest BCUT2D eigenvalue weighted by molar-refractivity contribution is 0.0958. The minimum atomic E-state index is -3.53. The van der Waals surface area contributed by atoms with E-state index in [1.54, 1.807) is 30.3 Å². The third-order valence-electron chi connectivity index (χ3n) is 2.98. The second kappa shape index (κ2) is 6.87. The second-order valence-corrected chi connectivity index (χ2v) is 6.60. The fourth-order valence-electron chi connectivity index (χ4n) is 1.93. The van der Waals surface area contributed by atoms with Crippen molar-refractivity contribution in [2.45, 2.75) is 10.6 Å². The number of carbonyl (C=O) groups excluding carboxylic acids is 1. The molecule has 0 atom stereocenters. The van der Waals surface area contributed by atoms with Crippen LogP contribution in [0.3, 0.4) is 0 Å². The van der Waals surface area contributed by atoms with Gasteiger partial charge in [0.2, 0.25) is 0 Å². The molecule has 0 aliphatic carbocycles. The average molecular weight is 314 g/mol. The van der Waals surface area contributed by atoms with E-state index in [2.05, 4.69) is 5.32 Å². The Balaban J connectivity index is 2.25. The minimum absolute atomic E-state index is 0.0842. The number of hydrogen-bond acceptors (Lipinski definition) is 4. The third kappa shape index (κ3) is 3.93. The first-order valence-electron chi connectivity index (χ1n) is 6.55. The number of sulfone groups is 1. The standard InChI is InChI=1S/C16H14N2O3S/c17-9-10-18-16(19)14-7-4-8-15(11-14)22(20,21)12-13-5-2-1-3-6-13/h1-8,11H,10,12H2,(H,18,19). The summed E-state index contributed by atoms with van der Waals surface area (Å²) in [5, 5.41) is 10.8. The zero-order valence-electron chi connectivity index (χ0n) is 11.7. The largest absolute Gasteiger partial charge is 0.339 e. The van der Waals surface area contributed by atoms with Crippen LogP contribution < -0.4 is 5.32 Å². The summed E-state index contributed by atoms with van der Waals surface area (Å²) in [4.78, 5) is 11.9. The van der Waals surface area contributed by atoms with Crippen molar-refractivity contribution < 1.29 is 13.2 Å². The highest BCUT2D eigenvalue weighted by Crippen LogP contribution is 2.17. The SMILES string of the molecule is N#CCNC(=O)c1cccc(S(=O)(=O)Cc2ccccc2)c1. The van der Waals surface area contributed by atoms with E-state index < -0.39 is 15.7 Å². The summed E-state index contributed by atoms with van der Waals surface area (Å²) in [6.45, 7) is -0.125. The molecule has 0 aliphatic heterocycles. The molecular weight excluding hydrogens is 300 g/mol. The van der Waals surface area contributed by atoms with Crippen LogP contribution >= 0.6 is 0 Å². The topological polar surface area (TPSA) is 87.0 Å². The van der Waals surface area contributed by atoms with Gasteiger partial charge in [-0.2, -0.15) is 5.26 Å². The first kappa shape index (κ1) is 15.7. The molecule has 112 valence electrons. The second-order valence-electron chi connectivity index (χ2n) is 4.61. The third-order valence-corrected chi connectivity index (χ3v) is 4.67. The lowest BCUT2D eigenvalue weighted by atomic mass is 10.2. The minimum Gasteiger partial charge on any atom is -0.339 e. The number of nitriles is 1. The predicted molar refractivity (Wildman–Crippen MR) is 81.7 cm³/mol. The summed E-state index contributed by atoms with van der Waals surface area (Å²) < 4.78 is 24.8. The van der Waals surface area contributed by atoms with Crippen LogP contribution in [0.1, 0.15) is 15.9 Å². The Hall–Kier alpha value is -2.65. The molecule has 5 nitrogen and oxygen atoms in total. The molecule has 0 saturated heterocycles. The molecule has 0 unspecified atom stereocenters. The Labute approximate surface area is 129 Å². The molecule has 6 heteroatoms. The van der Waals surface area contributed by atoms with Crippen LogP contribution in [0.5, 0.6) is 0 Å². The van der Waals surface area contributed by atoms with Crippen molar-refractivity contribution in [2.24, 2.45) is 0 Å². The Morgan fingerprint density at radius 1 is 1.09 bits per heavy atom. The molecule has 22 heavy (non-hydrogen) atoms. The number of rotatable bonds is 5. The van der Waals surface area contributed by atoms with Gasteiger partial charge in [0, 0.05) is 5.56 Å². The fourth-order valence-corrected chi connectivity index (χ4v) is 3.32. The van der Waals surface area contributed by atoms with Gasteiger partial charge in [0.05, 0.1) is 16.7 Å². The van der Waals surface area contributed by atoms with E-state index in [0.29, 0.717) is 5.56 Å². The van der Waals surface area contributed by atoms with Crippen LogP contribution in [0.25, 0.3) is 0 Å². The zero-order valence-corrected chi connectivity index (χ0v) is 12.5. The van der Waals surface area contributed by atoms with E-state index in [1.165, 1.54) is 24.3 Å². The molecule has 0 aliphatic rings. The van der Waals surface area contributed by atoms with Crippen LogP contribution in [0, 0.1) is 11.3 Å². The van der Waals surface area contributed by atoms with Crippen molar-refractivity contribution in [3.05, 3.63) is 65.7 Å². The number of nitrogens with zero attached hydrogens (tertiary/aromatic N) is 1. The van der Waals surface area contributed by atoms with E-state index in [0.717, 1.165) is 0 Å². The van der Waals surface area contributed by atoms with Gasteiger partial charge >= 0.3 is 0 Å². The van der Waals surface area contributed by atoms with Gasteiger partial charge in [-0.1, -0.05) is 36.4 Å². The molecule has 1 amide bonds. The summed E-state index contributed by atoms with van der Waals surface area (Å²) in [5.41, 5.74) is 0.895. The van der Waals surface area contributed by atoms with E-state index in [9.17, 15) is 13.2 Å². The highest BCUT2D eigenvalue weighted by molar-refractivity contribution is 7.90. The quantitative estimate of drug-likeness (QED) is 0.854. The van der Waals surface area contributed by atoms with E-state index in [-0.39, 0.29) is 22.8 Å². The molecule has 1 N–H and O–H groups in total. The summed E-state index contributed by atoms with van der Waals surface area (Å²) in [6, 6.07) is 16.4. The molecule has 2 aromatic carbocycles. The highest BCUT2D eigenvalue weighted by atomic mass is 32.2. The van der Waals surface area contributed by atoms with Crippen LogP contribution in [-0.2, 0) is 15.6 Å². The van der Waals surface area contributed by atoms with E-state index >= 15 is 0 Å². The van der Waals surface area contributed by atoms with Gasteiger partial charge in [-0.3, -0.25) is 4.79 Å². The summed E-state index contributed by atoms with van der Waals surface area (Å²) in [6.07, 6.45) is 0. The van der Waals surface area contributed by atoms with Gasteiger partial charge < -0.3 is 5.32 Å². The number of nitrogens with one attached hydrogen (secondary N) is 1. The molecule has 0 aromatic heterocycles. The van der Waals surface area contributed by atoms with Crippen LogP contribution in [0.2, 0.25) is 0 Å². The van der Waals surface area contributed by atoms with E-state index in [1.807, 2.05) is 6.07 Å². The lowest BCUT2D eigenvalue weighted by Crippen LogP contribution is -2.23. The molecule has 0 bridgehead atoms. The zero-order chi connectivity index (χ0) is 16.0. The Bertz CT molecular complexity index is 809. The summed E-state index contributed by atoms with van der Waals surface area (Å²) in [7, 11) is -3.53. The maximum Gasteiger partial charge on any atom is 0.252 e. The first-order valence-corrected chi connectivity index (χ1v) is 8.20. The summed E-state index contributed by atoms with van der Waals surface area (Å²) >= 11 is 0. The highest BCUT2D eigenvalue weighted by Gasteiger charge is 2.17. The van der Waals surface area contributed by atoms with Crippen LogP contribution in [0.15, 0.2) is 59.5 Å². The monoisotopic (exact) mass is 314 g/mol. The fraction of sp³-hybridized carbons (Fsp3) is 0.125. The van der Waals surface area contributed by atoms with Crippen LogP contribution in [0.4, 0.5) is 0 Å². The van der Waals surface area contributed by atoms with Gasteiger partial charge in [-0.15, -0.1) is 0 Å². The Morgan fingerprint density at radius 3 is 2.50 bits per heavy atom. The van der Waals surface area contributed by atoms with Crippen molar-refractivity contribution in [2.75, 3.05) is 6.54 Å². The molecule has 2 rings (SSSR count). The molecule has 0 fully saturated rings. The Kier molecular flexibility index (Phi) is 4.92. The Morgan fingerprint density at radius 2 is 1.82 bits per heavy atom. The number of benzene rings is 2. The molecule has 0 saturated carbocycles. The normalized spacial score (nSPS) is 10.7. The van der Waals surface area contributed by atoms with Crippen molar-refractivity contribution in [3.8, 4) is 6.07 Å². The van der Waals surface area contributed by atoms with Crippen molar-refractivity contribution in [3.63, 3.8) is 0 Å². The van der Waals surface area contributed by atoms with Crippen molar-refractivity contribution in [1.29, 1.82) is 5.26 Å². The first-order chi connectivity index (χ1) is 10.5. The van der Waals surface area contributed by atoms with E-state index in [4.69, 9.17) is 5.26 Å². The van der Waals surface area contributed by atoms with Gasteiger partial charge in [0.1, 0.15) is 6.54 Å². The number of amides is 1. The smallest absolute Gasteiger partial charge is 0.252 e. The van der Waals surface area contributed by atoms with Gasteiger partial charge in [-0.05, 0) is 23.8 Å². The maximum absolute atomic E-state index is 12.4. The molecule has 0 radical (unpaired) electrons. The number of carbonyl (C=O) groups is 1. The number of hydrogen-bond donors (Lipinski definition) is 1. The molecule has 2 aromatic rings. The summed E-state index contributed by atoms with van der Waals surface area (Å²) in [5.74, 6) is -0.602. The molecule has 0 spiro atoms. The molecule has 0 heterocycles. The maximum atomic E-state index is 12.4. The average Bonchev–Trinajstić information content (AvgIpc) is 2.53. The lowest BCUT2D eigenvalue weighted by Gasteiger charge is -2.07. The molecular formula is C16H14N2O3S. The van der Waals surface area contributed by atoms with Crippen molar-refractivity contribution in [1.82, 2.24) is 5.32 Å². The van der Waals surface area contributed by atoms with Gasteiger partial charge in [0.25, 0.3) is 5.91 Å². The predicted octanol–water partition coefficient (Wildman–Crippen LogP) is 1.91. The van der Waals surface area contributed by atoms with Crippen LogP contribution in [-0.4, -0.2) is 20.9 Å². The van der Waals surface area contributed by atoms with Gasteiger partial charge in [0.15, 0.2) is 9.84 Å². The van der Waals surface area contributed by atoms with Gasteiger partial charge in [-0.25, -0.2) is 8.42 Å². The van der Waals surface area contributed by atoms with Crippen molar-refractivity contribution >= 4 is 15.7 Å².